The molecule has 1 N–H and O–H groups in total. The monoisotopic (exact) mass is 507 g/mol. The molecule has 3 heterocycles. The van der Waals surface area contributed by atoms with E-state index < -0.39 is 11.9 Å². The second-order valence-electron chi connectivity index (χ2n) is 10.4. The van der Waals surface area contributed by atoms with Crippen molar-refractivity contribution in [3.8, 4) is 5.75 Å². The van der Waals surface area contributed by atoms with E-state index in [0.717, 1.165) is 67.8 Å². The molecule has 7 nitrogen and oxygen atoms in total. The number of aryl methyl sites for hydroxylation is 1. The summed E-state index contributed by atoms with van der Waals surface area (Å²) < 4.78 is 5.68. The summed E-state index contributed by atoms with van der Waals surface area (Å²) in [6.07, 6.45) is 7.99. The average molecular weight is 508 g/mol. The van der Waals surface area contributed by atoms with Crippen molar-refractivity contribution >= 4 is 11.9 Å². The van der Waals surface area contributed by atoms with Crippen molar-refractivity contribution in [2.75, 3.05) is 32.8 Å². The number of hydrogen-bond donors (Lipinski definition) is 1. The van der Waals surface area contributed by atoms with Crippen LogP contribution >= 0.6 is 0 Å². The first-order valence-corrected chi connectivity index (χ1v) is 13.9. The zero-order chi connectivity index (χ0) is 26.2. The van der Waals surface area contributed by atoms with E-state index >= 15 is 0 Å². The fourth-order valence-electron chi connectivity index (χ4n) is 5.80. The van der Waals surface area contributed by atoms with Crippen LogP contribution in [-0.2, 0) is 22.4 Å². The van der Waals surface area contributed by atoms with E-state index in [2.05, 4.69) is 29.8 Å². The number of aliphatic carboxylic acids is 1. The van der Waals surface area contributed by atoms with Crippen molar-refractivity contribution in [3.63, 3.8) is 0 Å². The van der Waals surface area contributed by atoms with Gasteiger partial charge in [0.25, 0.3) is 0 Å². The minimum atomic E-state index is -0.795. The van der Waals surface area contributed by atoms with Gasteiger partial charge in [0.15, 0.2) is 0 Å². The molecule has 37 heavy (non-hydrogen) atoms. The molecule has 0 spiro atoms. The lowest BCUT2D eigenvalue weighted by Crippen LogP contribution is -2.44. The number of fused-ring (bicyclic) bond motifs is 1. The van der Waals surface area contributed by atoms with E-state index in [1.807, 2.05) is 35.2 Å². The number of carbonyl (C=O) groups excluding carboxylic acids is 1. The number of unbranched alkanes of at least 4 members (excludes halogenated alkanes) is 2. The summed E-state index contributed by atoms with van der Waals surface area (Å²) >= 11 is 0. The number of nitrogens with zero attached hydrogens (tertiary/aromatic N) is 3. The number of carbonyl (C=O) groups is 2. The maximum atomic E-state index is 13.5. The molecular weight excluding hydrogens is 466 g/mol. The molecule has 1 fully saturated rings. The van der Waals surface area contributed by atoms with Gasteiger partial charge in [-0.15, -0.1) is 0 Å². The Morgan fingerprint density at radius 2 is 1.92 bits per heavy atom. The largest absolute Gasteiger partial charge is 0.493 e. The zero-order valence-corrected chi connectivity index (χ0v) is 22.3. The molecule has 4 rings (SSSR count). The molecule has 0 bridgehead atoms. The molecule has 1 amide bonds. The summed E-state index contributed by atoms with van der Waals surface area (Å²) in [5.41, 5.74) is 3.12. The van der Waals surface area contributed by atoms with Crippen LogP contribution in [-0.4, -0.2) is 70.6 Å². The summed E-state index contributed by atoms with van der Waals surface area (Å²) in [5.74, 6) is -0.551. The van der Waals surface area contributed by atoms with Crippen LogP contribution < -0.4 is 4.74 Å². The van der Waals surface area contributed by atoms with Gasteiger partial charge in [0, 0.05) is 49.9 Å². The predicted octanol–water partition coefficient (Wildman–Crippen LogP) is 4.55. The van der Waals surface area contributed by atoms with Crippen molar-refractivity contribution < 1.29 is 19.4 Å². The molecule has 2 aromatic rings. The molecule has 200 valence electrons. The van der Waals surface area contributed by atoms with E-state index in [9.17, 15) is 14.7 Å². The molecular formula is C30H41N3O4. The molecule has 2 aliphatic heterocycles. The normalized spacial score (nSPS) is 21.0. The first-order chi connectivity index (χ1) is 18.0. The lowest BCUT2D eigenvalue weighted by Gasteiger charge is -2.29. The molecule has 1 saturated heterocycles. The number of hydrogen-bond acceptors (Lipinski definition) is 5. The highest BCUT2D eigenvalue weighted by Crippen LogP contribution is 2.41. The van der Waals surface area contributed by atoms with Gasteiger partial charge in [-0.25, -0.2) is 0 Å². The maximum absolute atomic E-state index is 13.5. The third kappa shape index (κ3) is 6.69. The maximum Gasteiger partial charge on any atom is 0.308 e. The van der Waals surface area contributed by atoms with Gasteiger partial charge in [-0.1, -0.05) is 44.9 Å². The topological polar surface area (TPSA) is 83.0 Å². The Bertz CT molecular complexity index is 1040. The summed E-state index contributed by atoms with van der Waals surface area (Å²) in [6, 6.07) is 11.7. The van der Waals surface area contributed by atoms with Crippen molar-refractivity contribution in [3.05, 3.63) is 59.4 Å². The Kier molecular flexibility index (Phi) is 9.56. The van der Waals surface area contributed by atoms with E-state index in [4.69, 9.17) is 4.74 Å². The average Bonchev–Trinajstić information content (AvgIpc) is 3.52. The Morgan fingerprint density at radius 1 is 1.14 bits per heavy atom. The Hall–Kier alpha value is -2.93. The van der Waals surface area contributed by atoms with Crippen LogP contribution in [0.1, 0.15) is 68.7 Å². The van der Waals surface area contributed by atoms with Crippen molar-refractivity contribution in [1.82, 2.24) is 14.8 Å². The molecule has 1 unspecified atom stereocenters. The first kappa shape index (κ1) is 27.1. The number of benzene rings is 1. The molecule has 0 aliphatic carbocycles. The second kappa shape index (κ2) is 13.0. The molecule has 1 aromatic carbocycles. The van der Waals surface area contributed by atoms with Crippen molar-refractivity contribution in [1.29, 1.82) is 0 Å². The highest BCUT2D eigenvalue weighted by molar-refractivity contribution is 5.79. The van der Waals surface area contributed by atoms with Crippen LogP contribution in [0.15, 0.2) is 42.6 Å². The lowest BCUT2D eigenvalue weighted by molar-refractivity contribution is -0.143. The number of carboxylic acids is 1. The molecule has 2 aliphatic rings. The van der Waals surface area contributed by atoms with Gasteiger partial charge in [-0.05, 0) is 55.0 Å². The third-order valence-electron chi connectivity index (χ3n) is 7.85. The SMILES string of the molecule is CCCCN(CCCC)C(=O)CN1C[C@H](c2ccc3c(c2)CCO3)[C@@H](C(=O)O)C1CCc1ccccn1. The van der Waals surface area contributed by atoms with Crippen LogP contribution in [0.4, 0.5) is 0 Å². The highest BCUT2D eigenvalue weighted by atomic mass is 16.5. The van der Waals surface area contributed by atoms with Crippen molar-refractivity contribution in [2.24, 2.45) is 5.92 Å². The van der Waals surface area contributed by atoms with E-state index in [0.29, 0.717) is 26.0 Å². The summed E-state index contributed by atoms with van der Waals surface area (Å²) in [7, 11) is 0. The van der Waals surface area contributed by atoms with Gasteiger partial charge in [0.05, 0.1) is 19.1 Å². The minimum absolute atomic E-state index is 0.108. The summed E-state index contributed by atoms with van der Waals surface area (Å²) in [5, 5.41) is 10.4. The number of carboxylic acid groups (broad SMARTS) is 1. The quantitative estimate of drug-likeness (QED) is 0.428. The standard InChI is InChI=1S/C30H41N3O4/c1-3-5-16-32(17-6-4-2)28(34)21-33-20-25(22-10-13-27-23(19-22)14-18-37-27)29(30(35)36)26(33)12-11-24-9-7-8-15-31-24/h7-10,13,15,19,25-26,29H,3-6,11-12,14,16-18,20-21H2,1-2H3,(H,35,36)/t25-,26?,29-/m1/s1. The van der Waals surface area contributed by atoms with Crippen LogP contribution in [0.25, 0.3) is 0 Å². The minimum Gasteiger partial charge on any atom is -0.493 e. The summed E-state index contributed by atoms with van der Waals surface area (Å²) in [6.45, 7) is 7.29. The van der Waals surface area contributed by atoms with E-state index in [1.54, 1.807) is 6.20 Å². The Balaban J connectivity index is 1.59. The number of likely N-dealkylation sites (tertiary alicyclic amines) is 1. The molecule has 3 atom stereocenters. The molecule has 1 aromatic heterocycles. The van der Waals surface area contributed by atoms with Gasteiger partial charge in [0.2, 0.25) is 5.91 Å². The number of amides is 1. The Labute approximate surface area is 220 Å². The number of aromatic nitrogens is 1. The smallest absolute Gasteiger partial charge is 0.308 e. The van der Waals surface area contributed by atoms with Crippen LogP contribution in [0.5, 0.6) is 5.75 Å². The summed E-state index contributed by atoms with van der Waals surface area (Å²) in [4.78, 5) is 34.8. The third-order valence-corrected chi connectivity index (χ3v) is 7.85. The van der Waals surface area contributed by atoms with Gasteiger partial charge >= 0.3 is 5.97 Å². The molecule has 0 radical (unpaired) electrons. The fraction of sp³-hybridized carbons (Fsp3) is 0.567. The molecule has 0 saturated carbocycles. The van der Waals surface area contributed by atoms with Crippen LogP contribution in [0.2, 0.25) is 0 Å². The predicted molar refractivity (Wildman–Crippen MR) is 144 cm³/mol. The number of ether oxygens (including phenoxy) is 1. The number of pyridine rings is 1. The highest BCUT2D eigenvalue weighted by Gasteiger charge is 2.47. The second-order valence-corrected chi connectivity index (χ2v) is 10.4. The first-order valence-electron chi connectivity index (χ1n) is 13.9. The van der Waals surface area contributed by atoms with Crippen LogP contribution in [0, 0.1) is 5.92 Å². The van der Waals surface area contributed by atoms with Crippen LogP contribution in [0.3, 0.4) is 0 Å². The van der Waals surface area contributed by atoms with Gasteiger partial charge in [-0.2, -0.15) is 0 Å². The lowest BCUT2D eigenvalue weighted by atomic mass is 9.83. The zero-order valence-electron chi connectivity index (χ0n) is 22.3. The van der Waals surface area contributed by atoms with Crippen molar-refractivity contribution in [2.45, 2.75) is 70.8 Å². The van der Waals surface area contributed by atoms with E-state index in [-0.39, 0.29) is 24.4 Å². The van der Waals surface area contributed by atoms with Gasteiger partial charge in [0.1, 0.15) is 5.75 Å². The molecule has 7 heteroatoms. The Morgan fingerprint density at radius 3 is 2.59 bits per heavy atom. The number of rotatable bonds is 13. The van der Waals surface area contributed by atoms with E-state index in [1.165, 1.54) is 0 Å². The fourth-order valence-corrected chi connectivity index (χ4v) is 5.80. The van der Waals surface area contributed by atoms with Gasteiger partial charge in [-0.3, -0.25) is 19.5 Å². The van der Waals surface area contributed by atoms with Gasteiger partial charge < -0.3 is 14.7 Å².